The van der Waals surface area contributed by atoms with Crippen LogP contribution in [0.1, 0.15) is 57.3 Å². The third-order valence-electron chi connectivity index (χ3n) is 11.2. The van der Waals surface area contributed by atoms with Crippen LogP contribution in [0.2, 0.25) is 23.2 Å². The van der Waals surface area contributed by atoms with Crippen LogP contribution in [-0.4, -0.2) is 74.7 Å². The Morgan fingerprint density at radius 1 is 1.03 bits per heavy atom. The fourth-order valence-corrected chi connectivity index (χ4v) is 9.08. The number of hydrogen-bond acceptors (Lipinski definition) is 10. The van der Waals surface area contributed by atoms with Crippen LogP contribution >= 0.6 is 22.9 Å². The van der Waals surface area contributed by atoms with E-state index in [1.807, 2.05) is 47.2 Å². The summed E-state index contributed by atoms with van der Waals surface area (Å²) in [5.74, 6) is 0.385. The van der Waals surface area contributed by atoms with Crippen molar-refractivity contribution in [3.63, 3.8) is 0 Å². The Labute approximate surface area is 355 Å². The summed E-state index contributed by atoms with van der Waals surface area (Å²) in [6.45, 7) is 13.7. The van der Waals surface area contributed by atoms with Crippen molar-refractivity contribution in [2.45, 2.75) is 76.9 Å². The van der Waals surface area contributed by atoms with Crippen molar-refractivity contribution < 1.29 is 28.6 Å². The maximum absolute atomic E-state index is 13.1. The molecule has 0 bridgehead atoms. The van der Waals surface area contributed by atoms with Crippen molar-refractivity contribution in [2.24, 2.45) is 0 Å². The van der Waals surface area contributed by atoms with Crippen LogP contribution in [-0.2, 0) is 20.5 Å². The number of amides is 2. The molecule has 1 aliphatic heterocycles. The van der Waals surface area contributed by atoms with E-state index in [0.717, 1.165) is 22.3 Å². The Morgan fingerprint density at radius 3 is 2.51 bits per heavy atom. The summed E-state index contributed by atoms with van der Waals surface area (Å²) in [5, 5.41) is 25.0. The highest BCUT2D eigenvalue weighted by atomic mass is 35.5. The van der Waals surface area contributed by atoms with Gasteiger partial charge in [0.15, 0.2) is 8.32 Å². The fraction of sp³-hybridized carbons (Fsp3) is 0.386. The number of rotatable bonds is 15. The molecular weight excluding hydrogens is 806 g/mol. The molecule has 0 saturated carbocycles. The number of pyridine rings is 1. The minimum absolute atomic E-state index is 0.00639. The van der Waals surface area contributed by atoms with Gasteiger partial charge in [-0.2, -0.15) is 11.3 Å². The molecule has 12 nitrogen and oxygen atoms in total. The van der Waals surface area contributed by atoms with Gasteiger partial charge in [-0.25, -0.2) is 4.79 Å². The quantitative estimate of drug-likeness (QED) is 0.0648. The van der Waals surface area contributed by atoms with Crippen molar-refractivity contribution in [1.82, 2.24) is 15.2 Å². The summed E-state index contributed by atoms with van der Waals surface area (Å²) >= 11 is 8.34. The van der Waals surface area contributed by atoms with Crippen LogP contribution in [0.25, 0.3) is 22.0 Å². The van der Waals surface area contributed by atoms with Gasteiger partial charge in [0.2, 0.25) is 11.5 Å². The number of phenols is 1. The van der Waals surface area contributed by atoms with Gasteiger partial charge in [0.05, 0.1) is 35.1 Å². The molecule has 0 radical (unpaired) electrons. The Morgan fingerprint density at radius 2 is 1.80 bits per heavy atom. The zero-order chi connectivity index (χ0) is 42.3. The SMILES string of the molecule is COc1cc(NC(=O)CCN2CCC(OC(=O)Nc3ccccc3-c3ccsc3)CC2)c(Cl)cc1CNC[C@@H](O[Si](C)(C)C(C)(C)C)c1ccc(O)c2[nH]c(=O)ccc12. The lowest BCUT2D eigenvalue weighted by atomic mass is 10.0. The van der Waals surface area contributed by atoms with E-state index < -0.39 is 20.5 Å². The standard InChI is InChI=1S/C44H54ClN5O7SSi/c1-44(2,3)59(5,6)57-39(32-11-13-37(51)42-33(32)12-14-40(52)49-42)26-46-25-29-23-34(45)36(24-38(29)55-4)47-41(53)17-21-50-19-15-30(16-20-50)56-43(54)48-35-10-8-7-9-31(35)28-18-22-58-27-28/h7-14,18,22-24,27,30,39,46,51H,15-17,19-21,25-26H2,1-6H3,(H,47,53)(H,48,54)(H,49,52)/t39-/m1/s1. The van der Waals surface area contributed by atoms with E-state index >= 15 is 0 Å². The first-order valence-electron chi connectivity index (χ1n) is 19.8. The summed E-state index contributed by atoms with van der Waals surface area (Å²) in [6.07, 6.45) is 0.546. The van der Waals surface area contributed by atoms with Crippen LogP contribution < -0.4 is 26.2 Å². The number of fused-ring (bicyclic) bond motifs is 1. The third-order valence-corrected chi connectivity index (χ3v) is 16.7. The minimum Gasteiger partial charge on any atom is -0.506 e. The summed E-state index contributed by atoms with van der Waals surface area (Å²) < 4.78 is 18.4. The number of anilines is 2. The highest BCUT2D eigenvalue weighted by molar-refractivity contribution is 7.08. The number of para-hydroxylation sites is 1. The van der Waals surface area contributed by atoms with E-state index in [9.17, 15) is 19.5 Å². The van der Waals surface area contributed by atoms with Crippen molar-refractivity contribution in [2.75, 3.05) is 43.9 Å². The lowest BCUT2D eigenvalue weighted by molar-refractivity contribution is -0.116. The lowest BCUT2D eigenvalue weighted by Crippen LogP contribution is -2.43. The molecule has 5 N–H and O–H groups in total. The van der Waals surface area contributed by atoms with Gasteiger partial charge in [0, 0.05) is 67.8 Å². The number of halogens is 1. The maximum Gasteiger partial charge on any atom is 0.411 e. The number of phenolic OH excluding ortho intramolecular Hbond substituents is 1. The van der Waals surface area contributed by atoms with E-state index in [0.29, 0.717) is 78.6 Å². The third kappa shape index (κ3) is 11.1. The number of ether oxygens (including phenoxy) is 2. The maximum atomic E-state index is 13.1. The van der Waals surface area contributed by atoms with Crippen LogP contribution in [0.5, 0.6) is 11.5 Å². The van der Waals surface area contributed by atoms with Crippen molar-refractivity contribution in [1.29, 1.82) is 0 Å². The number of nitrogens with zero attached hydrogens (tertiary/aromatic N) is 1. The fourth-order valence-electron chi connectivity index (χ4n) is 6.92. The first-order chi connectivity index (χ1) is 28.1. The van der Waals surface area contributed by atoms with E-state index in [1.54, 1.807) is 42.7 Å². The van der Waals surface area contributed by atoms with E-state index in [-0.39, 0.29) is 34.8 Å². The first-order valence-corrected chi connectivity index (χ1v) is 24.1. The number of methoxy groups -OCH3 is 1. The second-order valence-electron chi connectivity index (χ2n) is 16.4. The molecule has 1 saturated heterocycles. The Hall–Kier alpha value is -4.70. The molecule has 3 aromatic carbocycles. The number of aromatic amines is 1. The molecule has 3 heterocycles. The van der Waals surface area contributed by atoms with Crippen LogP contribution in [0, 0.1) is 0 Å². The largest absolute Gasteiger partial charge is 0.506 e. The van der Waals surface area contributed by atoms with E-state index in [2.05, 4.69) is 59.7 Å². The molecule has 2 aromatic heterocycles. The number of benzene rings is 3. The summed E-state index contributed by atoms with van der Waals surface area (Å²) in [7, 11) is -0.699. The Kier molecular flexibility index (Phi) is 14.2. The van der Waals surface area contributed by atoms with Crippen molar-refractivity contribution in [3.8, 4) is 22.6 Å². The molecule has 0 aliphatic carbocycles. The van der Waals surface area contributed by atoms with Crippen LogP contribution in [0.3, 0.4) is 0 Å². The molecular formula is C44H54ClN5O7SSi. The number of nitrogens with one attached hydrogen (secondary N) is 4. The number of aromatic hydroxyl groups is 1. The number of thiophene rings is 1. The van der Waals surface area contributed by atoms with Gasteiger partial charge in [0.25, 0.3) is 0 Å². The number of carbonyl (C=O) groups is 2. The molecule has 0 spiro atoms. The summed E-state index contributed by atoms with van der Waals surface area (Å²) in [6, 6.07) is 19.8. The molecule has 5 aromatic rings. The van der Waals surface area contributed by atoms with E-state index in [4.69, 9.17) is 25.5 Å². The average Bonchev–Trinajstić information content (AvgIpc) is 3.73. The van der Waals surface area contributed by atoms with Crippen LogP contribution in [0.4, 0.5) is 16.2 Å². The number of carbonyl (C=O) groups excluding carboxylic acids is 2. The van der Waals surface area contributed by atoms with Crippen LogP contribution in [0.15, 0.2) is 82.3 Å². The number of hydrogen-bond donors (Lipinski definition) is 5. The zero-order valence-corrected chi connectivity index (χ0v) is 37.0. The number of likely N-dealkylation sites (tertiary alicyclic amines) is 1. The highest BCUT2D eigenvalue weighted by Crippen LogP contribution is 2.41. The minimum atomic E-state index is -2.27. The molecule has 1 fully saturated rings. The number of aromatic nitrogens is 1. The summed E-state index contributed by atoms with van der Waals surface area (Å²) in [4.78, 5) is 43.0. The molecule has 2 amide bonds. The monoisotopic (exact) mass is 859 g/mol. The number of piperidine rings is 1. The van der Waals surface area contributed by atoms with Crippen molar-refractivity contribution >= 4 is 65.5 Å². The predicted octanol–water partition coefficient (Wildman–Crippen LogP) is 9.52. The van der Waals surface area contributed by atoms with Gasteiger partial charge in [-0.3, -0.25) is 14.9 Å². The Balaban J connectivity index is 1.01. The van der Waals surface area contributed by atoms with Gasteiger partial charge in [-0.15, -0.1) is 0 Å². The topological polar surface area (TPSA) is 154 Å². The highest BCUT2D eigenvalue weighted by Gasteiger charge is 2.40. The van der Waals surface area contributed by atoms with Crippen molar-refractivity contribution in [3.05, 3.63) is 104 Å². The van der Waals surface area contributed by atoms with Gasteiger partial charge < -0.3 is 39.5 Å². The predicted molar refractivity (Wildman–Crippen MR) is 240 cm³/mol. The molecule has 15 heteroatoms. The van der Waals surface area contributed by atoms with E-state index in [1.165, 1.54) is 6.07 Å². The van der Waals surface area contributed by atoms with Gasteiger partial charge >= 0.3 is 6.09 Å². The summed E-state index contributed by atoms with van der Waals surface area (Å²) in [5.41, 5.74) is 4.88. The second-order valence-corrected chi connectivity index (χ2v) is 22.3. The molecule has 1 atom stereocenters. The lowest BCUT2D eigenvalue weighted by Gasteiger charge is -2.39. The normalized spacial score (nSPS) is 14.6. The first kappa shape index (κ1) is 43.9. The molecule has 1 aliphatic rings. The van der Waals surface area contributed by atoms with Gasteiger partial charge in [-0.1, -0.05) is 56.6 Å². The molecule has 59 heavy (non-hydrogen) atoms. The smallest absolute Gasteiger partial charge is 0.411 e. The molecule has 6 rings (SSSR count). The number of H-pyrrole nitrogens is 1. The average molecular weight is 861 g/mol. The second kappa shape index (κ2) is 19.1. The Bertz CT molecular complexity index is 2310. The van der Waals surface area contributed by atoms with Gasteiger partial charge in [0.1, 0.15) is 17.6 Å². The van der Waals surface area contributed by atoms with Gasteiger partial charge in [-0.05, 0) is 83.2 Å². The molecule has 314 valence electrons. The molecule has 0 unspecified atom stereocenters. The zero-order valence-electron chi connectivity index (χ0n) is 34.4.